The molecule has 0 spiro atoms. The van der Waals surface area contributed by atoms with E-state index < -0.39 is 16.0 Å². The summed E-state index contributed by atoms with van der Waals surface area (Å²) < 4.78 is 38.1. The third kappa shape index (κ3) is 2.99. The van der Waals surface area contributed by atoms with Crippen LogP contribution in [-0.4, -0.2) is 34.6 Å². The lowest BCUT2D eigenvalue weighted by Gasteiger charge is -2.30. The molecule has 0 saturated carbocycles. The maximum atomic E-state index is 13.0. The van der Waals surface area contributed by atoms with Crippen molar-refractivity contribution < 1.29 is 22.7 Å². The van der Waals surface area contributed by atoms with Gasteiger partial charge in [-0.3, -0.25) is 4.31 Å². The van der Waals surface area contributed by atoms with Crippen LogP contribution in [0.2, 0.25) is 0 Å². The molecule has 0 radical (unpaired) electrons. The number of nitrogens with zero attached hydrogens (tertiary/aromatic N) is 1. The fraction of sp³-hybridized carbons (Fsp3) is 0.188. The van der Waals surface area contributed by atoms with E-state index in [1.165, 1.54) is 29.6 Å². The number of sulfonamides is 1. The van der Waals surface area contributed by atoms with E-state index in [4.69, 9.17) is 9.47 Å². The van der Waals surface area contributed by atoms with E-state index in [0.29, 0.717) is 15.9 Å². The first-order chi connectivity index (χ1) is 11.4. The lowest BCUT2D eigenvalue weighted by atomic mass is 10.1. The van der Waals surface area contributed by atoms with Gasteiger partial charge in [-0.05, 0) is 36.4 Å². The lowest BCUT2D eigenvalue weighted by Crippen LogP contribution is -2.38. The van der Waals surface area contributed by atoms with E-state index in [1.54, 1.807) is 24.3 Å². The quantitative estimate of drug-likeness (QED) is 0.725. The van der Waals surface area contributed by atoms with Crippen molar-refractivity contribution in [1.82, 2.24) is 0 Å². The van der Waals surface area contributed by atoms with Crippen LogP contribution in [0.15, 0.2) is 51.8 Å². The average molecular weight is 412 g/mol. The largest absolute Gasteiger partial charge is 0.489 e. The number of carbonyl (C=O) groups excluding carboxylic acids is 1. The summed E-state index contributed by atoms with van der Waals surface area (Å²) in [5.74, 6) is -0.129. The highest BCUT2D eigenvalue weighted by Gasteiger charge is 2.31. The number of rotatable bonds is 3. The van der Waals surface area contributed by atoms with E-state index in [2.05, 4.69) is 15.9 Å². The average Bonchev–Trinajstić information content (AvgIpc) is 2.60. The molecule has 1 heterocycles. The van der Waals surface area contributed by atoms with Crippen LogP contribution in [0.25, 0.3) is 0 Å². The van der Waals surface area contributed by atoms with E-state index in [1.807, 2.05) is 0 Å². The summed E-state index contributed by atoms with van der Waals surface area (Å²) in [5, 5.41) is 0. The predicted octanol–water partition coefficient (Wildman–Crippen LogP) is 2.82. The molecule has 6 nitrogen and oxygen atoms in total. The highest BCUT2D eigenvalue weighted by Crippen LogP contribution is 2.36. The number of halogens is 1. The van der Waals surface area contributed by atoms with E-state index in [9.17, 15) is 13.2 Å². The minimum Gasteiger partial charge on any atom is -0.489 e. The van der Waals surface area contributed by atoms with Crippen LogP contribution in [0.3, 0.4) is 0 Å². The van der Waals surface area contributed by atoms with Crippen molar-refractivity contribution in [1.29, 1.82) is 0 Å². The molecule has 126 valence electrons. The maximum Gasteiger partial charge on any atom is 0.337 e. The van der Waals surface area contributed by atoms with Gasteiger partial charge >= 0.3 is 5.97 Å². The Balaban J connectivity index is 2.10. The molecule has 3 rings (SSSR count). The molecule has 2 aromatic carbocycles. The Bertz CT molecular complexity index is 897. The summed E-state index contributed by atoms with van der Waals surface area (Å²) in [6.45, 7) is 0.393. The van der Waals surface area contributed by atoms with Gasteiger partial charge < -0.3 is 9.47 Å². The van der Waals surface area contributed by atoms with Crippen molar-refractivity contribution in [2.75, 3.05) is 24.6 Å². The number of hydrogen-bond donors (Lipinski definition) is 0. The Labute approximate surface area is 148 Å². The zero-order valence-corrected chi connectivity index (χ0v) is 15.1. The highest BCUT2D eigenvalue weighted by molar-refractivity contribution is 9.10. The van der Waals surface area contributed by atoms with Crippen LogP contribution in [0.4, 0.5) is 5.69 Å². The Hall–Kier alpha value is -2.06. The minimum atomic E-state index is -3.78. The smallest absolute Gasteiger partial charge is 0.337 e. The van der Waals surface area contributed by atoms with Gasteiger partial charge in [0.25, 0.3) is 10.0 Å². The molecule has 0 fully saturated rings. The van der Waals surface area contributed by atoms with Crippen molar-refractivity contribution in [2.45, 2.75) is 4.90 Å². The van der Waals surface area contributed by atoms with Gasteiger partial charge in [-0.15, -0.1) is 0 Å². The molecule has 0 saturated heterocycles. The summed E-state index contributed by atoms with van der Waals surface area (Å²) in [7, 11) is -2.50. The van der Waals surface area contributed by atoms with Crippen molar-refractivity contribution >= 4 is 37.6 Å². The molecule has 0 aromatic heterocycles. The third-order valence-corrected chi connectivity index (χ3v) is 5.89. The van der Waals surface area contributed by atoms with Gasteiger partial charge in [0.15, 0.2) is 0 Å². The summed E-state index contributed by atoms with van der Waals surface area (Å²) in [6.07, 6.45) is 0. The van der Waals surface area contributed by atoms with Gasteiger partial charge in [0, 0.05) is 4.47 Å². The molecule has 0 unspecified atom stereocenters. The molecule has 2 aromatic rings. The normalized spacial score (nSPS) is 13.8. The summed E-state index contributed by atoms with van der Waals surface area (Å²) in [6, 6.07) is 11.1. The van der Waals surface area contributed by atoms with Gasteiger partial charge in [-0.25, -0.2) is 13.2 Å². The monoisotopic (exact) mass is 411 g/mol. The Morgan fingerprint density at radius 3 is 2.75 bits per heavy atom. The summed E-state index contributed by atoms with van der Waals surface area (Å²) >= 11 is 3.28. The maximum absolute atomic E-state index is 13.0. The van der Waals surface area contributed by atoms with E-state index >= 15 is 0 Å². The molecule has 0 atom stereocenters. The predicted molar refractivity (Wildman–Crippen MR) is 92.0 cm³/mol. The number of hydrogen-bond acceptors (Lipinski definition) is 5. The standard InChI is InChI=1S/C16H14BrNO5S/c1-22-16(19)11-5-6-15-14(9-11)18(7-8-23-15)24(20,21)13-4-2-3-12(17)10-13/h2-6,9-10H,7-8H2,1H3. The van der Waals surface area contributed by atoms with Crippen molar-refractivity contribution in [3.8, 4) is 5.75 Å². The number of carbonyl (C=O) groups is 1. The number of esters is 1. The topological polar surface area (TPSA) is 72.9 Å². The molecule has 0 amide bonds. The van der Waals surface area contributed by atoms with Gasteiger partial charge in [0.2, 0.25) is 0 Å². The second kappa shape index (κ2) is 6.45. The molecule has 0 aliphatic carbocycles. The number of benzene rings is 2. The zero-order chi connectivity index (χ0) is 17.3. The third-order valence-electron chi connectivity index (χ3n) is 3.58. The van der Waals surface area contributed by atoms with E-state index in [-0.39, 0.29) is 23.6 Å². The zero-order valence-electron chi connectivity index (χ0n) is 12.7. The molecular formula is C16H14BrNO5S. The highest BCUT2D eigenvalue weighted by atomic mass is 79.9. The molecule has 8 heteroatoms. The molecule has 0 bridgehead atoms. The molecule has 1 aliphatic heterocycles. The first-order valence-electron chi connectivity index (χ1n) is 7.07. The minimum absolute atomic E-state index is 0.159. The number of anilines is 1. The van der Waals surface area contributed by atoms with Crippen LogP contribution in [0.5, 0.6) is 5.75 Å². The molecule has 24 heavy (non-hydrogen) atoms. The van der Waals surface area contributed by atoms with Gasteiger partial charge in [-0.1, -0.05) is 22.0 Å². The fourth-order valence-electron chi connectivity index (χ4n) is 2.44. The SMILES string of the molecule is COC(=O)c1ccc2c(c1)N(S(=O)(=O)c1cccc(Br)c1)CCO2. The van der Waals surface area contributed by atoms with E-state index in [0.717, 1.165) is 0 Å². The number of fused-ring (bicyclic) bond motifs is 1. The Kier molecular flexibility index (Phi) is 4.51. The fourth-order valence-corrected chi connectivity index (χ4v) is 4.49. The Morgan fingerprint density at radius 1 is 1.25 bits per heavy atom. The van der Waals surface area contributed by atoms with Crippen LogP contribution in [0, 0.1) is 0 Å². The molecule has 0 N–H and O–H groups in total. The second-order valence-electron chi connectivity index (χ2n) is 5.06. The lowest BCUT2D eigenvalue weighted by molar-refractivity contribution is 0.0600. The second-order valence-corrected chi connectivity index (χ2v) is 7.84. The summed E-state index contributed by atoms with van der Waals surface area (Å²) in [4.78, 5) is 11.9. The van der Waals surface area contributed by atoms with Crippen LogP contribution < -0.4 is 9.04 Å². The number of methoxy groups -OCH3 is 1. The van der Waals surface area contributed by atoms with Crippen LogP contribution in [-0.2, 0) is 14.8 Å². The first-order valence-corrected chi connectivity index (χ1v) is 9.30. The van der Waals surface area contributed by atoms with Crippen LogP contribution >= 0.6 is 15.9 Å². The van der Waals surface area contributed by atoms with Gasteiger partial charge in [0.1, 0.15) is 12.4 Å². The molecule has 1 aliphatic rings. The first kappa shape index (κ1) is 16.8. The molecular weight excluding hydrogens is 398 g/mol. The van der Waals surface area contributed by atoms with Crippen molar-refractivity contribution in [3.63, 3.8) is 0 Å². The van der Waals surface area contributed by atoms with Gasteiger partial charge in [0.05, 0.1) is 29.8 Å². The van der Waals surface area contributed by atoms with Crippen LogP contribution in [0.1, 0.15) is 10.4 Å². The van der Waals surface area contributed by atoms with Gasteiger partial charge in [-0.2, -0.15) is 0 Å². The summed E-state index contributed by atoms with van der Waals surface area (Å²) in [5.41, 5.74) is 0.584. The van der Waals surface area contributed by atoms with Crippen molar-refractivity contribution in [2.24, 2.45) is 0 Å². The Morgan fingerprint density at radius 2 is 2.04 bits per heavy atom. The van der Waals surface area contributed by atoms with Crippen molar-refractivity contribution in [3.05, 3.63) is 52.5 Å². The number of ether oxygens (including phenoxy) is 2.